The number of nitrogens with one attached hydrogen (secondary N) is 2. The summed E-state index contributed by atoms with van der Waals surface area (Å²) in [5, 5.41) is 14.9. The highest BCUT2D eigenvalue weighted by Gasteiger charge is 2.06. The first-order valence-corrected chi connectivity index (χ1v) is 7.67. The molecule has 1 aromatic heterocycles. The van der Waals surface area contributed by atoms with Gasteiger partial charge in [-0.2, -0.15) is 4.98 Å². The average molecular weight is 361 g/mol. The molecule has 0 aliphatic carbocycles. The van der Waals surface area contributed by atoms with Crippen LogP contribution in [-0.2, 0) is 11.3 Å². The van der Waals surface area contributed by atoms with Crippen LogP contribution in [0.2, 0.25) is 5.02 Å². The Morgan fingerprint density at radius 3 is 2.80 bits per heavy atom. The fraction of sp³-hybridized carbons (Fsp3) is 0.125. The Hall–Kier alpha value is -3.13. The number of anilines is 2. The monoisotopic (exact) mass is 360 g/mol. The number of carboxylic acid groups (broad SMARTS) is 1. The molecule has 25 heavy (non-hydrogen) atoms. The van der Waals surface area contributed by atoms with Gasteiger partial charge in [-0.05, 0) is 5.56 Å². The Bertz CT molecular complexity index is 779. The van der Waals surface area contributed by atoms with E-state index in [0.29, 0.717) is 23.1 Å². The van der Waals surface area contributed by atoms with Gasteiger partial charge in [0.1, 0.15) is 11.6 Å². The molecular weight excluding hydrogens is 344 g/mol. The van der Waals surface area contributed by atoms with Crippen molar-refractivity contribution in [2.75, 3.05) is 17.2 Å². The molecule has 0 spiro atoms. The fourth-order valence-corrected chi connectivity index (χ4v) is 1.96. The zero-order valence-corrected chi connectivity index (χ0v) is 13.9. The molecule has 1 aromatic carbocycles. The van der Waals surface area contributed by atoms with Crippen molar-refractivity contribution in [1.82, 2.24) is 9.97 Å². The molecule has 2 rings (SSSR count). The van der Waals surface area contributed by atoms with Gasteiger partial charge in [-0.25, -0.2) is 4.98 Å². The number of hydrogen-bond donors (Lipinski definition) is 4. The van der Waals surface area contributed by atoms with Crippen molar-refractivity contribution in [2.24, 2.45) is 10.7 Å². The number of aromatic nitrogens is 2. The smallest absolute Gasteiger partial charge is 0.325 e. The molecule has 0 fully saturated rings. The Morgan fingerprint density at radius 1 is 1.36 bits per heavy atom. The van der Waals surface area contributed by atoms with Gasteiger partial charge in [0, 0.05) is 19.0 Å². The highest BCUT2D eigenvalue weighted by Crippen LogP contribution is 2.20. The number of rotatable bonds is 8. The van der Waals surface area contributed by atoms with E-state index in [2.05, 4.69) is 25.6 Å². The molecule has 9 heteroatoms. The normalized spacial score (nSPS) is 11.5. The molecule has 0 aliphatic heterocycles. The average Bonchev–Trinajstić information content (AvgIpc) is 2.61. The Balaban J connectivity index is 2.04. The third-order valence-corrected chi connectivity index (χ3v) is 3.22. The van der Waals surface area contributed by atoms with Gasteiger partial charge in [0.2, 0.25) is 5.95 Å². The van der Waals surface area contributed by atoms with Gasteiger partial charge in [-0.3, -0.25) is 9.79 Å². The summed E-state index contributed by atoms with van der Waals surface area (Å²) >= 11 is 6.11. The van der Waals surface area contributed by atoms with Crippen LogP contribution >= 0.6 is 11.6 Å². The number of aliphatic carboxylic acids is 1. The number of aliphatic imine (C=N–C) groups is 1. The molecule has 0 radical (unpaired) electrons. The van der Waals surface area contributed by atoms with Crippen molar-refractivity contribution in [3.63, 3.8) is 0 Å². The Labute approximate surface area is 149 Å². The molecule has 2 aromatic rings. The molecule has 0 atom stereocenters. The highest BCUT2D eigenvalue weighted by atomic mass is 35.5. The highest BCUT2D eigenvalue weighted by molar-refractivity contribution is 6.32. The summed E-state index contributed by atoms with van der Waals surface area (Å²) in [7, 11) is 0. The van der Waals surface area contributed by atoms with E-state index in [1.807, 2.05) is 30.3 Å². The maximum absolute atomic E-state index is 10.5. The third kappa shape index (κ3) is 6.11. The molecule has 0 aliphatic rings. The quantitative estimate of drug-likeness (QED) is 0.531. The lowest BCUT2D eigenvalue weighted by atomic mass is 10.2. The predicted octanol–water partition coefficient (Wildman–Crippen LogP) is 2.11. The molecule has 0 saturated heterocycles. The summed E-state index contributed by atoms with van der Waals surface area (Å²) in [6.45, 7) is 0.195. The number of carbonyl (C=O) groups is 1. The number of nitrogens with two attached hydrogens (primary N) is 1. The SMILES string of the molecule is NC=C(C=NCC(=O)O)Nc1ncc(Cl)c(NCc2ccccc2)n1. The Morgan fingerprint density at radius 2 is 2.12 bits per heavy atom. The minimum absolute atomic E-state index is 0.249. The van der Waals surface area contributed by atoms with Gasteiger partial charge in [-0.1, -0.05) is 41.9 Å². The van der Waals surface area contributed by atoms with Crippen LogP contribution in [0.1, 0.15) is 5.56 Å². The lowest BCUT2D eigenvalue weighted by Gasteiger charge is -2.10. The van der Waals surface area contributed by atoms with Crippen LogP contribution in [0.15, 0.2) is 53.4 Å². The van der Waals surface area contributed by atoms with Crippen LogP contribution < -0.4 is 16.4 Å². The molecule has 1 heterocycles. The van der Waals surface area contributed by atoms with E-state index in [0.717, 1.165) is 5.56 Å². The summed E-state index contributed by atoms with van der Waals surface area (Å²) < 4.78 is 0. The molecule has 5 N–H and O–H groups in total. The second kappa shape index (κ2) is 9.24. The van der Waals surface area contributed by atoms with E-state index in [9.17, 15) is 4.79 Å². The summed E-state index contributed by atoms with van der Waals surface area (Å²) in [5.41, 5.74) is 6.92. The van der Waals surface area contributed by atoms with Gasteiger partial charge in [0.15, 0.2) is 5.82 Å². The summed E-state index contributed by atoms with van der Waals surface area (Å²) in [5.74, 6) is -0.330. The van der Waals surface area contributed by atoms with Crippen LogP contribution in [0.4, 0.5) is 11.8 Å². The van der Waals surface area contributed by atoms with Crippen molar-refractivity contribution in [1.29, 1.82) is 0 Å². The van der Waals surface area contributed by atoms with Crippen molar-refractivity contribution in [2.45, 2.75) is 6.54 Å². The van der Waals surface area contributed by atoms with Gasteiger partial charge >= 0.3 is 5.97 Å². The number of benzene rings is 1. The first-order chi connectivity index (χ1) is 12.1. The largest absolute Gasteiger partial charge is 0.480 e. The maximum atomic E-state index is 10.5. The minimum atomic E-state index is -1.04. The topological polar surface area (TPSA) is 126 Å². The van der Waals surface area contributed by atoms with E-state index in [1.54, 1.807) is 0 Å². The van der Waals surface area contributed by atoms with E-state index in [1.165, 1.54) is 18.6 Å². The maximum Gasteiger partial charge on any atom is 0.325 e. The van der Waals surface area contributed by atoms with E-state index in [-0.39, 0.29) is 12.5 Å². The lowest BCUT2D eigenvalue weighted by Crippen LogP contribution is -2.10. The standard InChI is InChI=1S/C16H17ClN6O2/c17-13-9-21-16(22-12(6-18)8-19-10-14(24)25)23-15(13)20-7-11-4-2-1-3-5-11/h1-6,8-9H,7,10,18H2,(H,24,25)(H2,20,21,22,23). The van der Waals surface area contributed by atoms with Crippen LogP contribution in [0, 0.1) is 0 Å². The first kappa shape index (κ1) is 18.2. The zero-order valence-electron chi connectivity index (χ0n) is 13.2. The molecule has 0 bridgehead atoms. The lowest BCUT2D eigenvalue weighted by molar-refractivity contribution is -0.135. The van der Waals surface area contributed by atoms with Crippen molar-refractivity contribution >= 4 is 35.6 Å². The number of hydrogen-bond acceptors (Lipinski definition) is 7. The third-order valence-electron chi connectivity index (χ3n) is 2.94. The minimum Gasteiger partial charge on any atom is -0.480 e. The molecular formula is C16H17ClN6O2. The number of carboxylic acids is 1. The van der Waals surface area contributed by atoms with Crippen LogP contribution in [0.3, 0.4) is 0 Å². The van der Waals surface area contributed by atoms with Gasteiger partial charge in [-0.15, -0.1) is 0 Å². The van der Waals surface area contributed by atoms with Gasteiger partial charge < -0.3 is 21.5 Å². The summed E-state index contributed by atoms with van der Waals surface area (Å²) in [4.78, 5) is 22.5. The van der Waals surface area contributed by atoms with E-state index < -0.39 is 5.97 Å². The molecule has 0 saturated carbocycles. The van der Waals surface area contributed by atoms with Crippen LogP contribution in [0.25, 0.3) is 0 Å². The molecule has 0 unspecified atom stereocenters. The van der Waals surface area contributed by atoms with Crippen LogP contribution in [-0.4, -0.2) is 33.8 Å². The van der Waals surface area contributed by atoms with E-state index in [4.69, 9.17) is 22.4 Å². The molecule has 130 valence electrons. The van der Waals surface area contributed by atoms with Crippen molar-refractivity contribution < 1.29 is 9.90 Å². The zero-order chi connectivity index (χ0) is 18.1. The molecule has 0 amide bonds. The van der Waals surface area contributed by atoms with E-state index >= 15 is 0 Å². The summed E-state index contributed by atoms with van der Waals surface area (Å²) in [6.07, 6.45) is 3.98. The molecule has 8 nitrogen and oxygen atoms in total. The second-order valence-electron chi connectivity index (χ2n) is 4.84. The predicted molar refractivity (Wildman–Crippen MR) is 97.7 cm³/mol. The van der Waals surface area contributed by atoms with Gasteiger partial charge in [0.25, 0.3) is 0 Å². The number of allylic oxidation sites excluding steroid dienone is 1. The van der Waals surface area contributed by atoms with Gasteiger partial charge in [0.05, 0.1) is 11.9 Å². The van der Waals surface area contributed by atoms with Crippen molar-refractivity contribution in [3.05, 3.63) is 59.0 Å². The fourth-order valence-electron chi connectivity index (χ4n) is 1.80. The second-order valence-corrected chi connectivity index (χ2v) is 5.25. The summed E-state index contributed by atoms with van der Waals surface area (Å²) in [6, 6.07) is 9.79. The number of nitrogens with zero attached hydrogens (tertiary/aromatic N) is 3. The van der Waals surface area contributed by atoms with Crippen LogP contribution in [0.5, 0.6) is 0 Å². The van der Waals surface area contributed by atoms with Crippen molar-refractivity contribution in [3.8, 4) is 0 Å². The number of halogens is 1. The first-order valence-electron chi connectivity index (χ1n) is 7.29. The Kier molecular flexibility index (Phi) is 6.73.